The van der Waals surface area contributed by atoms with Crippen LogP contribution in [0.2, 0.25) is 0 Å². The molecule has 15 heavy (non-hydrogen) atoms. The Morgan fingerprint density at radius 3 is 2.53 bits per heavy atom. The van der Waals surface area contributed by atoms with Crippen LogP contribution >= 0.6 is 22.6 Å². The second-order valence-corrected chi connectivity index (χ2v) is 3.86. The van der Waals surface area contributed by atoms with Crippen LogP contribution in [-0.4, -0.2) is 12.4 Å². The number of rotatable bonds is 3. The van der Waals surface area contributed by atoms with Crippen LogP contribution in [-0.2, 0) is 0 Å². The van der Waals surface area contributed by atoms with E-state index in [1.54, 1.807) is 22.6 Å². The van der Waals surface area contributed by atoms with E-state index in [-0.39, 0.29) is 9.13 Å². The van der Waals surface area contributed by atoms with Gasteiger partial charge in [0.2, 0.25) is 0 Å². The van der Waals surface area contributed by atoms with E-state index in [0.29, 0.717) is 0 Å². The highest BCUT2D eigenvalue weighted by molar-refractivity contribution is 14.1. The first kappa shape index (κ1) is 12.3. The first-order chi connectivity index (χ1) is 6.91. The molecule has 0 saturated carbocycles. The summed E-state index contributed by atoms with van der Waals surface area (Å²) in [4.78, 5) is 11.1. The topological polar surface area (TPSA) is 26.3 Å². The van der Waals surface area contributed by atoms with Crippen molar-refractivity contribution in [1.82, 2.24) is 0 Å². The van der Waals surface area contributed by atoms with Crippen LogP contribution in [0.1, 0.15) is 17.3 Å². The molecule has 2 nitrogen and oxygen atoms in total. The summed E-state index contributed by atoms with van der Waals surface area (Å²) in [6.07, 6.45) is 0. The van der Waals surface area contributed by atoms with E-state index in [1.165, 1.54) is 6.92 Å². The summed E-state index contributed by atoms with van der Waals surface area (Å²) in [5.41, 5.74) is -0.0303. The van der Waals surface area contributed by atoms with Gasteiger partial charge >= 0.3 is 6.61 Å². The molecule has 0 unspecified atom stereocenters. The molecule has 0 aliphatic carbocycles. The lowest BCUT2D eigenvalue weighted by Crippen LogP contribution is -2.08. The third-order valence-electron chi connectivity index (χ3n) is 1.59. The van der Waals surface area contributed by atoms with E-state index < -0.39 is 24.0 Å². The van der Waals surface area contributed by atoms with E-state index in [1.807, 2.05) is 0 Å². The third-order valence-corrected chi connectivity index (χ3v) is 2.44. The molecule has 0 radical (unpaired) electrons. The second-order valence-electron chi connectivity index (χ2n) is 2.70. The lowest BCUT2D eigenvalue weighted by atomic mass is 10.1. The zero-order valence-corrected chi connectivity index (χ0v) is 9.72. The Kier molecular flexibility index (Phi) is 3.95. The molecule has 0 spiro atoms. The zero-order chi connectivity index (χ0) is 11.6. The number of alkyl halides is 2. The number of benzene rings is 1. The van der Waals surface area contributed by atoms with Crippen LogP contribution < -0.4 is 4.74 Å². The van der Waals surface area contributed by atoms with Crippen molar-refractivity contribution in [3.63, 3.8) is 0 Å². The van der Waals surface area contributed by atoms with Gasteiger partial charge in [-0.05, 0) is 35.6 Å². The van der Waals surface area contributed by atoms with E-state index in [2.05, 4.69) is 4.74 Å². The Hall–Kier alpha value is -0.790. The standard InChI is InChI=1S/C9H6F3IO2/c1-4(14)8-6(13)2-5(10)3-7(8)15-9(11)12/h2-3,9H,1H3. The summed E-state index contributed by atoms with van der Waals surface area (Å²) < 4.78 is 41.1. The molecule has 0 saturated heterocycles. The van der Waals surface area contributed by atoms with Crippen molar-refractivity contribution in [2.24, 2.45) is 0 Å². The van der Waals surface area contributed by atoms with Gasteiger partial charge in [-0.3, -0.25) is 4.79 Å². The maximum atomic E-state index is 12.9. The maximum absolute atomic E-state index is 12.9. The van der Waals surface area contributed by atoms with E-state index in [4.69, 9.17) is 0 Å². The van der Waals surface area contributed by atoms with Crippen LogP contribution in [0.25, 0.3) is 0 Å². The van der Waals surface area contributed by atoms with Crippen LogP contribution in [0.4, 0.5) is 13.2 Å². The Labute approximate surface area is 97.6 Å². The number of hydrogen-bond acceptors (Lipinski definition) is 2. The van der Waals surface area contributed by atoms with Gasteiger partial charge in [0.05, 0.1) is 5.56 Å². The molecule has 0 heterocycles. The van der Waals surface area contributed by atoms with E-state index in [9.17, 15) is 18.0 Å². The maximum Gasteiger partial charge on any atom is 0.387 e. The summed E-state index contributed by atoms with van der Waals surface area (Å²) in [5.74, 6) is -1.60. The highest BCUT2D eigenvalue weighted by Gasteiger charge is 2.17. The van der Waals surface area contributed by atoms with Gasteiger partial charge < -0.3 is 4.74 Å². The second kappa shape index (κ2) is 4.82. The normalized spacial score (nSPS) is 10.5. The average molecular weight is 330 g/mol. The van der Waals surface area contributed by atoms with Crippen LogP contribution in [0.15, 0.2) is 12.1 Å². The molecule has 1 aromatic rings. The van der Waals surface area contributed by atoms with Gasteiger partial charge in [0.25, 0.3) is 0 Å². The molecule has 0 aromatic heterocycles. The molecular formula is C9H6F3IO2. The van der Waals surface area contributed by atoms with Crippen molar-refractivity contribution in [2.45, 2.75) is 13.5 Å². The van der Waals surface area contributed by atoms with Crippen molar-refractivity contribution in [3.05, 3.63) is 27.1 Å². The molecule has 0 fully saturated rings. The Balaban J connectivity index is 3.27. The molecule has 0 N–H and O–H groups in total. The molecule has 6 heteroatoms. The van der Waals surface area contributed by atoms with Gasteiger partial charge in [0.15, 0.2) is 5.78 Å². The monoisotopic (exact) mass is 330 g/mol. The minimum absolute atomic E-state index is 0.0303. The van der Waals surface area contributed by atoms with Crippen LogP contribution in [0, 0.1) is 9.39 Å². The van der Waals surface area contributed by atoms with Crippen molar-refractivity contribution in [1.29, 1.82) is 0 Å². The average Bonchev–Trinajstić information content (AvgIpc) is 1.99. The van der Waals surface area contributed by atoms with Gasteiger partial charge in [-0.15, -0.1) is 0 Å². The molecule has 0 bridgehead atoms. The predicted octanol–water partition coefficient (Wildman–Crippen LogP) is 3.23. The largest absolute Gasteiger partial charge is 0.434 e. The first-order valence-corrected chi connectivity index (χ1v) is 4.94. The number of Topliss-reactive ketones (excluding diaryl/α,β-unsaturated/α-hetero) is 1. The summed E-state index contributed by atoms with van der Waals surface area (Å²) >= 11 is 1.69. The fraction of sp³-hybridized carbons (Fsp3) is 0.222. The third kappa shape index (κ3) is 3.08. The number of ether oxygens (including phenoxy) is 1. The highest BCUT2D eigenvalue weighted by atomic mass is 127. The fourth-order valence-electron chi connectivity index (χ4n) is 1.08. The Morgan fingerprint density at radius 1 is 1.47 bits per heavy atom. The van der Waals surface area contributed by atoms with E-state index >= 15 is 0 Å². The number of carbonyl (C=O) groups is 1. The molecule has 0 amide bonds. The van der Waals surface area contributed by atoms with Crippen molar-refractivity contribution >= 4 is 28.4 Å². The molecule has 1 aromatic carbocycles. The van der Waals surface area contributed by atoms with Gasteiger partial charge in [-0.2, -0.15) is 8.78 Å². The molecule has 0 aliphatic rings. The van der Waals surface area contributed by atoms with Gasteiger partial charge in [0, 0.05) is 9.64 Å². The Bertz CT molecular complexity index is 393. The predicted molar refractivity (Wildman–Crippen MR) is 55.8 cm³/mol. The van der Waals surface area contributed by atoms with Gasteiger partial charge in [0.1, 0.15) is 11.6 Å². The molecule has 1 rings (SSSR count). The minimum Gasteiger partial charge on any atom is -0.434 e. The zero-order valence-electron chi connectivity index (χ0n) is 7.56. The minimum atomic E-state index is -3.08. The first-order valence-electron chi connectivity index (χ1n) is 3.86. The van der Waals surface area contributed by atoms with Gasteiger partial charge in [-0.1, -0.05) is 0 Å². The molecule has 82 valence electrons. The summed E-state index contributed by atoms with van der Waals surface area (Å²) in [7, 11) is 0. The number of carbonyl (C=O) groups excluding carboxylic acids is 1. The fourth-order valence-corrected chi connectivity index (χ4v) is 2.02. The summed E-state index contributed by atoms with van der Waals surface area (Å²) in [6, 6.07) is 1.85. The van der Waals surface area contributed by atoms with Crippen LogP contribution in [0.3, 0.4) is 0 Å². The number of ketones is 1. The van der Waals surface area contributed by atoms with Crippen molar-refractivity contribution < 1.29 is 22.7 Å². The molecule has 0 atom stereocenters. The molecule has 0 aliphatic heterocycles. The molecular weight excluding hydrogens is 324 g/mol. The quantitative estimate of drug-likeness (QED) is 0.628. The lowest BCUT2D eigenvalue weighted by molar-refractivity contribution is -0.0503. The summed E-state index contributed by atoms with van der Waals surface area (Å²) in [6.45, 7) is -1.88. The van der Waals surface area contributed by atoms with Crippen LogP contribution in [0.5, 0.6) is 5.75 Å². The number of hydrogen-bond donors (Lipinski definition) is 0. The SMILES string of the molecule is CC(=O)c1c(I)cc(F)cc1OC(F)F. The lowest BCUT2D eigenvalue weighted by Gasteiger charge is -2.10. The summed E-state index contributed by atoms with van der Waals surface area (Å²) in [5, 5.41) is 0. The van der Waals surface area contributed by atoms with Crippen molar-refractivity contribution in [3.8, 4) is 5.75 Å². The number of halogens is 4. The smallest absolute Gasteiger partial charge is 0.387 e. The van der Waals surface area contributed by atoms with Crippen molar-refractivity contribution in [2.75, 3.05) is 0 Å². The van der Waals surface area contributed by atoms with Gasteiger partial charge in [-0.25, -0.2) is 4.39 Å². The Morgan fingerprint density at radius 2 is 2.07 bits per heavy atom. The highest BCUT2D eigenvalue weighted by Crippen LogP contribution is 2.27. The van der Waals surface area contributed by atoms with E-state index in [0.717, 1.165) is 12.1 Å².